The van der Waals surface area contributed by atoms with E-state index in [1.807, 2.05) is 12.1 Å². The summed E-state index contributed by atoms with van der Waals surface area (Å²) in [5.41, 5.74) is 11.6. The average molecular weight is 1060 g/mol. The van der Waals surface area contributed by atoms with Crippen molar-refractivity contribution in [2.45, 2.75) is 25.7 Å². The first kappa shape index (κ1) is 52.6. The largest absolute Gasteiger partial charge is 0.497 e. The molecule has 7 aromatic rings. The van der Waals surface area contributed by atoms with Crippen molar-refractivity contribution in [3.63, 3.8) is 0 Å². The van der Waals surface area contributed by atoms with E-state index < -0.39 is 0 Å². The summed E-state index contributed by atoms with van der Waals surface area (Å²) in [5, 5.41) is 11.8. The number of ether oxygens (including phenoxy) is 5. The van der Waals surface area contributed by atoms with Crippen LogP contribution in [0.15, 0.2) is 141 Å². The highest BCUT2D eigenvalue weighted by Gasteiger charge is 2.41. The molecule has 6 amide bonds. The molecule has 78 heavy (non-hydrogen) atoms. The Morgan fingerprint density at radius 2 is 1.10 bits per heavy atom. The zero-order valence-electron chi connectivity index (χ0n) is 42.9. The van der Waals surface area contributed by atoms with Crippen LogP contribution >= 0.6 is 0 Å². The number of carbonyl (C=O) groups excluding carboxylic acids is 4. The van der Waals surface area contributed by atoms with E-state index in [4.69, 9.17) is 39.4 Å². The normalized spacial score (nSPS) is 13.6. The number of anilines is 11. The summed E-state index contributed by atoms with van der Waals surface area (Å²) in [6.45, 7) is 8.46. The molecule has 0 saturated carbocycles. The quantitative estimate of drug-likeness (QED) is 0.0538. The van der Waals surface area contributed by atoms with Gasteiger partial charge < -0.3 is 50.7 Å². The van der Waals surface area contributed by atoms with Crippen LogP contribution in [0.5, 0.6) is 23.0 Å². The number of nitrogens with one attached hydrogen (secondary N) is 4. The second-order valence-corrected chi connectivity index (χ2v) is 17.4. The standard InChI is InChI=1S/C29H28N8O4.C26H26N6O5/c1-4-26(38)33-23-7-5-6-8-24(23)34-28-32-15-19-17-36(20-12-21(40-2)14-22(13-20)41-3)29(39)37(27(19)35-28)16-18-9-10-31-25(30)11-18;1-4-23(33)28-21-7-5-6-8-22(21)29-25-27-12-16-13-31(17-9-19(35-2)11-20(10-17)36-3)26(34)32(24(16)30-25)18-14-37-15-18/h4-15H,1,16-17H2,2-3H3,(H2,30,31)(H,33,38)(H,32,34,35);4-12,18H,1,13-15H2,2-3H3,(H,28,33)(H,27,29,30). The maximum absolute atomic E-state index is 14.0. The molecular weight excluding hydrogens is 1000 g/mol. The number of hydrogen-bond acceptors (Lipinski definition) is 17. The molecule has 10 rings (SSSR count). The van der Waals surface area contributed by atoms with Gasteiger partial charge in [0.05, 0.1) is 101 Å². The summed E-state index contributed by atoms with van der Waals surface area (Å²) in [5.74, 6) is 3.36. The van der Waals surface area contributed by atoms with Crippen molar-refractivity contribution >= 4 is 87.4 Å². The highest BCUT2D eigenvalue weighted by atomic mass is 16.5. The van der Waals surface area contributed by atoms with Crippen molar-refractivity contribution in [3.05, 3.63) is 158 Å². The van der Waals surface area contributed by atoms with Gasteiger partial charge in [0.2, 0.25) is 23.7 Å². The fourth-order valence-electron chi connectivity index (χ4n) is 8.44. The first-order valence-electron chi connectivity index (χ1n) is 24.1. The number of carbonyl (C=O) groups is 4. The molecule has 6 N–H and O–H groups in total. The number of benzene rings is 4. The monoisotopic (exact) mass is 1050 g/mol. The van der Waals surface area contributed by atoms with E-state index in [1.165, 1.54) is 12.2 Å². The number of aromatic nitrogens is 5. The van der Waals surface area contributed by atoms with Crippen molar-refractivity contribution in [2.75, 3.05) is 88.3 Å². The predicted octanol–water partition coefficient (Wildman–Crippen LogP) is 8.19. The van der Waals surface area contributed by atoms with Crippen molar-refractivity contribution in [1.29, 1.82) is 0 Å². The van der Waals surface area contributed by atoms with Crippen LogP contribution in [0.2, 0.25) is 0 Å². The van der Waals surface area contributed by atoms with Gasteiger partial charge in [-0.05, 0) is 54.1 Å². The zero-order valence-corrected chi connectivity index (χ0v) is 42.9. The van der Waals surface area contributed by atoms with Crippen molar-refractivity contribution in [3.8, 4) is 23.0 Å². The number of rotatable bonds is 17. The molecule has 0 spiro atoms. The molecule has 0 bridgehead atoms. The van der Waals surface area contributed by atoms with Crippen LogP contribution in [0, 0.1) is 0 Å². The van der Waals surface area contributed by atoms with Gasteiger partial charge in [-0.1, -0.05) is 37.4 Å². The Morgan fingerprint density at radius 3 is 1.55 bits per heavy atom. The second-order valence-electron chi connectivity index (χ2n) is 17.4. The zero-order chi connectivity index (χ0) is 54.9. The second kappa shape index (κ2) is 23.5. The van der Waals surface area contributed by atoms with Gasteiger partial charge in [-0.2, -0.15) is 9.97 Å². The first-order valence-corrected chi connectivity index (χ1v) is 24.1. The Balaban J connectivity index is 0.000000191. The van der Waals surface area contributed by atoms with E-state index in [-0.39, 0.29) is 61.4 Å². The average Bonchev–Trinajstić information content (AvgIpc) is 3.63. The lowest BCUT2D eigenvalue weighted by molar-refractivity contribution is -0.112. The molecule has 0 aliphatic carbocycles. The molecule has 3 aromatic heterocycles. The van der Waals surface area contributed by atoms with E-state index in [1.54, 1.807) is 152 Å². The van der Waals surface area contributed by atoms with Gasteiger partial charge in [0.1, 0.15) is 40.5 Å². The van der Waals surface area contributed by atoms with E-state index in [9.17, 15) is 19.2 Å². The van der Waals surface area contributed by atoms with Crippen molar-refractivity contribution in [2.24, 2.45) is 0 Å². The Kier molecular flexibility index (Phi) is 15.8. The van der Waals surface area contributed by atoms with Gasteiger partial charge in [-0.25, -0.2) is 24.5 Å². The number of nitrogen functional groups attached to an aromatic ring is 1. The molecule has 1 saturated heterocycles. The van der Waals surface area contributed by atoms with Gasteiger partial charge in [-0.3, -0.25) is 29.2 Å². The van der Waals surface area contributed by atoms with Crippen LogP contribution in [0.25, 0.3) is 0 Å². The van der Waals surface area contributed by atoms with Gasteiger partial charge in [0.15, 0.2) is 0 Å². The van der Waals surface area contributed by atoms with Crippen LogP contribution in [-0.2, 0) is 34.0 Å². The smallest absolute Gasteiger partial charge is 0.330 e. The summed E-state index contributed by atoms with van der Waals surface area (Å²) in [7, 11) is 6.23. The Bertz CT molecular complexity index is 3390. The Hall–Kier alpha value is -10.3. The number of methoxy groups -OCH3 is 4. The number of amides is 6. The minimum absolute atomic E-state index is 0.163. The summed E-state index contributed by atoms with van der Waals surface area (Å²) < 4.78 is 27.0. The lowest BCUT2D eigenvalue weighted by Gasteiger charge is -2.43. The molecule has 3 aliphatic rings. The number of fused-ring (bicyclic) bond motifs is 2. The van der Waals surface area contributed by atoms with Crippen LogP contribution in [0.4, 0.5) is 73.1 Å². The van der Waals surface area contributed by atoms with Gasteiger partial charge in [-0.15, -0.1) is 0 Å². The summed E-state index contributed by atoms with van der Waals surface area (Å²) in [6.07, 6.45) is 7.33. The fourth-order valence-corrected chi connectivity index (χ4v) is 8.44. The lowest BCUT2D eigenvalue weighted by Crippen LogP contribution is -2.58. The molecule has 398 valence electrons. The fraction of sp³-hybridized carbons (Fsp3) is 0.182. The van der Waals surface area contributed by atoms with Crippen LogP contribution in [0.3, 0.4) is 0 Å². The van der Waals surface area contributed by atoms with E-state index in [0.29, 0.717) is 93.4 Å². The topological polar surface area (TPSA) is 266 Å². The number of nitrogens with zero attached hydrogens (tertiary/aromatic N) is 9. The van der Waals surface area contributed by atoms with E-state index >= 15 is 0 Å². The minimum atomic E-state index is -0.353. The lowest BCUT2D eigenvalue weighted by atomic mass is 10.1. The molecular formula is C55H54N14O9. The van der Waals surface area contributed by atoms with Gasteiger partial charge >= 0.3 is 12.1 Å². The summed E-state index contributed by atoms with van der Waals surface area (Å²) in [4.78, 5) is 80.5. The van der Waals surface area contributed by atoms with Crippen LogP contribution < -0.4 is 65.5 Å². The highest BCUT2D eigenvalue weighted by Crippen LogP contribution is 2.39. The maximum Gasteiger partial charge on any atom is 0.330 e. The molecule has 1 fully saturated rings. The van der Waals surface area contributed by atoms with Crippen molar-refractivity contribution < 1.29 is 42.9 Å². The Labute approximate surface area is 448 Å². The highest BCUT2D eigenvalue weighted by molar-refractivity contribution is 6.07. The van der Waals surface area contributed by atoms with E-state index in [0.717, 1.165) is 11.1 Å². The van der Waals surface area contributed by atoms with Crippen LogP contribution in [-0.4, -0.2) is 96.5 Å². The third kappa shape index (κ3) is 11.6. The SMILES string of the molecule is C=CC(=O)Nc1ccccc1Nc1ncc2c(n1)N(C1COC1)C(=O)N(c1cc(OC)cc(OC)c1)C2.C=CC(=O)Nc1ccccc1Nc1ncc2c(n1)N(Cc1ccnc(N)c1)C(=O)N(c1cc(OC)cc(OC)c1)C2. The minimum Gasteiger partial charge on any atom is -0.497 e. The molecule has 23 nitrogen and oxygen atoms in total. The van der Waals surface area contributed by atoms with Crippen LogP contribution in [0.1, 0.15) is 16.7 Å². The van der Waals surface area contributed by atoms with Gasteiger partial charge in [0, 0.05) is 66.1 Å². The third-order valence-corrected chi connectivity index (χ3v) is 12.4. The number of nitrogens with two attached hydrogens (primary N) is 1. The number of para-hydroxylation sites is 4. The molecule has 6 heterocycles. The molecule has 23 heteroatoms. The molecule has 0 unspecified atom stereocenters. The Morgan fingerprint density at radius 1 is 0.641 bits per heavy atom. The molecule has 0 radical (unpaired) electrons. The molecule has 4 aromatic carbocycles. The molecule has 0 atom stereocenters. The number of urea groups is 2. The molecule has 3 aliphatic heterocycles. The predicted molar refractivity (Wildman–Crippen MR) is 295 cm³/mol. The van der Waals surface area contributed by atoms with E-state index in [2.05, 4.69) is 49.4 Å². The maximum atomic E-state index is 14.0. The summed E-state index contributed by atoms with van der Waals surface area (Å²) >= 11 is 0. The number of pyridine rings is 1. The third-order valence-electron chi connectivity index (χ3n) is 12.4. The van der Waals surface area contributed by atoms with Crippen molar-refractivity contribution in [1.82, 2.24) is 24.9 Å². The number of hydrogen-bond donors (Lipinski definition) is 5. The first-order chi connectivity index (χ1) is 37.9. The summed E-state index contributed by atoms with van der Waals surface area (Å²) in [6, 6.07) is 27.7. The van der Waals surface area contributed by atoms with Gasteiger partial charge in [0.25, 0.3) is 0 Å².